The summed E-state index contributed by atoms with van der Waals surface area (Å²) in [6.07, 6.45) is 2.86. The molecule has 1 unspecified atom stereocenters. The molecule has 4 rings (SSSR count). The number of likely N-dealkylation sites (tertiary alicyclic amines) is 1. The maximum Gasteiger partial charge on any atom is 0.410 e. The van der Waals surface area contributed by atoms with Crippen molar-refractivity contribution in [2.75, 3.05) is 18.4 Å². The van der Waals surface area contributed by atoms with Crippen molar-refractivity contribution in [3.05, 3.63) is 68.4 Å². The Morgan fingerprint density at radius 3 is 2.70 bits per heavy atom. The summed E-state index contributed by atoms with van der Waals surface area (Å²) in [5, 5.41) is 20.1. The molecule has 8 nitrogen and oxygen atoms in total. The largest absolute Gasteiger partial charge is 0.444 e. The first-order valence-corrected chi connectivity index (χ1v) is 11.6. The number of hydrogen-bond acceptors (Lipinski definition) is 5. The van der Waals surface area contributed by atoms with Crippen molar-refractivity contribution in [2.24, 2.45) is 5.92 Å². The van der Waals surface area contributed by atoms with E-state index in [0.717, 1.165) is 35.5 Å². The molecule has 33 heavy (non-hydrogen) atoms. The van der Waals surface area contributed by atoms with Gasteiger partial charge in [-0.05, 0) is 67.1 Å². The molecule has 1 aromatic carbocycles. The molecule has 9 heteroatoms. The zero-order valence-corrected chi connectivity index (χ0v) is 20.4. The number of carbonyl (C=O) groups excluding carboxylic acids is 1. The second-order valence-electron chi connectivity index (χ2n) is 9.23. The summed E-state index contributed by atoms with van der Waals surface area (Å²) in [6.45, 7) is 14.7. The molecule has 2 N–H and O–H groups in total. The Hall–Kier alpha value is -3.30. The fourth-order valence-corrected chi connectivity index (χ4v) is 4.99. The summed E-state index contributed by atoms with van der Waals surface area (Å²) in [6, 6.07) is 7.72. The van der Waals surface area contributed by atoms with E-state index < -0.39 is 5.60 Å². The molecule has 0 bridgehead atoms. The van der Waals surface area contributed by atoms with Crippen molar-refractivity contribution in [3.8, 4) is 6.07 Å². The number of rotatable bonds is 2. The van der Waals surface area contributed by atoms with E-state index in [1.54, 1.807) is 17.2 Å². The lowest BCUT2D eigenvalue weighted by molar-refractivity contribution is 0.0194. The van der Waals surface area contributed by atoms with Crippen LogP contribution >= 0.6 is 15.9 Å². The molecule has 2 aromatic rings. The lowest BCUT2D eigenvalue weighted by Gasteiger charge is -2.37. The van der Waals surface area contributed by atoms with E-state index in [2.05, 4.69) is 42.4 Å². The third kappa shape index (κ3) is 4.46. The van der Waals surface area contributed by atoms with E-state index in [1.165, 1.54) is 0 Å². The van der Waals surface area contributed by atoms with Crippen molar-refractivity contribution < 1.29 is 9.53 Å². The summed E-state index contributed by atoms with van der Waals surface area (Å²) in [5.41, 5.74) is 3.15. The van der Waals surface area contributed by atoms with E-state index in [-0.39, 0.29) is 17.9 Å². The van der Waals surface area contributed by atoms with Crippen LogP contribution in [0, 0.1) is 23.8 Å². The van der Waals surface area contributed by atoms with Gasteiger partial charge in [0.1, 0.15) is 17.5 Å². The number of hydrogen-bond donors (Lipinski definition) is 2. The number of carbonyl (C=O) groups is 1. The molecule has 1 atom stereocenters. The molecule has 1 saturated heterocycles. The van der Waals surface area contributed by atoms with Crippen LogP contribution in [-0.4, -0.2) is 39.9 Å². The van der Waals surface area contributed by atoms with Crippen molar-refractivity contribution in [3.63, 3.8) is 0 Å². The molecule has 1 fully saturated rings. The van der Waals surface area contributed by atoms with E-state index in [4.69, 9.17) is 11.3 Å². The molecule has 3 heterocycles. The minimum absolute atomic E-state index is 0.0876. The minimum atomic E-state index is -0.533. The number of H-pyrrole nitrogens is 1. The smallest absolute Gasteiger partial charge is 0.410 e. The summed E-state index contributed by atoms with van der Waals surface area (Å²) >= 11 is 3.58. The van der Waals surface area contributed by atoms with Gasteiger partial charge >= 0.3 is 6.09 Å². The van der Waals surface area contributed by atoms with Gasteiger partial charge in [0.15, 0.2) is 5.70 Å². The number of halogens is 1. The quantitative estimate of drug-likeness (QED) is 0.530. The lowest BCUT2D eigenvalue weighted by Crippen LogP contribution is -2.42. The average molecular weight is 509 g/mol. The zero-order valence-electron chi connectivity index (χ0n) is 18.8. The highest BCUT2D eigenvalue weighted by molar-refractivity contribution is 9.10. The Morgan fingerprint density at radius 2 is 2.06 bits per heavy atom. The Labute approximate surface area is 201 Å². The van der Waals surface area contributed by atoms with Gasteiger partial charge in [-0.15, -0.1) is 0 Å². The van der Waals surface area contributed by atoms with Gasteiger partial charge in [-0.2, -0.15) is 10.4 Å². The Bertz CT molecular complexity index is 1190. The maximum absolute atomic E-state index is 12.5. The Morgan fingerprint density at radius 1 is 1.33 bits per heavy atom. The van der Waals surface area contributed by atoms with Crippen LogP contribution in [0.3, 0.4) is 0 Å². The number of ether oxygens (including phenoxy) is 1. The molecule has 0 saturated carbocycles. The van der Waals surface area contributed by atoms with E-state index in [1.807, 2.05) is 32.9 Å². The van der Waals surface area contributed by atoms with Crippen LogP contribution in [0.15, 0.2) is 40.3 Å². The fourth-order valence-electron chi connectivity index (χ4n) is 4.40. The highest BCUT2D eigenvalue weighted by atomic mass is 79.9. The minimum Gasteiger partial charge on any atom is -0.444 e. The molecule has 1 amide bonds. The Balaban J connectivity index is 1.66. The number of allylic oxidation sites excluding steroid dienone is 2. The summed E-state index contributed by atoms with van der Waals surface area (Å²) in [5.74, 6) is 0.495. The van der Waals surface area contributed by atoms with Gasteiger partial charge in [-0.25, -0.2) is 9.64 Å². The summed E-state index contributed by atoms with van der Waals surface area (Å²) in [4.78, 5) is 18.2. The molecule has 0 aliphatic carbocycles. The summed E-state index contributed by atoms with van der Waals surface area (Å²) < 4.78 is 6.20. The number of nitrogens with one attached hydrogen (secondary N) is 2. The second-order valence-corrected chi connectivity index (χ2v) is 10.0. The van der Waals surface area contributed by atoms with Crippen LogP contribution < -0.4 is 5.32 Å². The fraction of sp³-hybridized carbons (Fsp3) is 0.417. The number of aromatic nitrogens is 2. The molecule has 170 valence electrons. The zero-order chi connectivity index (χ0) is 23.8. The van der Waals surface area contributed by atoms with Crippen LogP contribution in [0.5, 0.6) is 0 Å². The number of benzene rings is 1. The molecular formula is C24H25BrN6O2. The predicted octanol–water partition coefficient (Wildman–Crippen LogP) is 5.38. The van der Waals surface area contributed by atoms with Gasteiger partial charge in [-0.3, -0.25) is 5.10 Å². The van der Waals surface area contributed by atoms with Gasteiger partial charge in [0, 0.05) is 28.8 Å². The second kappa shape index (κ2) is 8.92. The highest BCUT2D eigenvalue weighted by Gasteiger charge is 2.37. The third-order valence-electron chi connectivity index (χ3n) is 5.92. The van der Waals surface area contributed by atoms with Crippen LogP contribution in [0.4, 0.5) is 10.6 Å². The first kappa shape index (κ1) is 22.9. The van der Waals surface area contributed by atoms with E-state index in [9.17, 15) is 10.1 Å². The number of nitriles is 1. The standard InChI is InChI=1S/C24H25BrN6O2/c1-24(2,3)33-23(32)31-10-8-14(9-11-31)20-21(27-4)18(17-13-28-30-22(17)29-20)16-7-5-6-15(12-26)19(16)25/h5-7,13-14,18H,8-11H2,1-3H3,(H2,28,29,30). The number of anilines is 1. The van der Waals surface area contributed by atoms with Crippen LogP contribution in [0.25, 0.3) is 4.85 Å². The predicted molar refractivity (Wildman–Crippen MR) is 127 cm³/mol. The number of piperidine rings is 1. The van der Waals surface area contributed by atoms with Crippen molar-refractivity contribution in [1.82, 2.24) is 15.1 Å². The molecular weight excluding hydrogens is 484 g/mol. The number of fused-ring (bicyclic) bond motifs is 1. The molecule has 0 spiro atoms. The topological polar surface area (TPSA) is 98.4 Å². The number of nitrogens with zero attached hydrogens (tertiary/aromatic N) is 4. The first-order chi connectivity index (χ1) is 15.7. The van der Waals surface area contributed by atoms with Gasteiger partial charge in [0.2, 0.25) is 0 Å². The van der Waals surface area contributed by atoms with Crippen LogP contribution in [-0.2, 0) is 4.74 Å². The van der Waals surface area contributed by atoms with Gasteiger partial charge in [-0.1, -0.05) is 12.1 Å². The SMILES string of the molecule is [C-]#[N+]C1=C(C2CCN(C(=O)OC(C)(C)C)CC2)Nc2[nH]ncc2C1c1cccc(C#N)c1Br. The normalized spacial score (nSPS) is 18.7. The summed E-state index contributed by atoms with van der Waals surface area (Å²) in [7, 11) is 0. The van der Waals surface area contributed by atoms with Crippen LogP contribution in [0.1, 0.15) is 56.2 Å². The maximum atomic E-state index is 12.5. The number of amides is 1. The van der Waals surface area contributed by atoms with Gasteiger partial charge in [0.05, 0.1) is 24.3 Å². The molecule has 2 aliphatic rings. The highest BCUT2D eigenvalue weighted by Crippen LogP contribution is 2.46. The van der Waals surface area contributed by atoms with Crippen molar-refractivity contribution in [2.45, 2.75) is 45.1 Å². The average Bonchev–Trinajstić information content (AvgIpc) is 3.25. The third-order valence-corrected chi connectivity index (χ3v) is 6.81. The Kier molecular flexibility index (Phi) is 6.18. The van der Waals surface area contributed by atoms with Gasteiger partial charge in [0.25, 0.3) is 0 Å². The van der Waals surface area contributed by atoms with E-state index in [0.29, 0.717) is 28.8 Å². The van der Waals surface area contributed by atoms with Gasteiger partial charge < -0.3 is 15.0 Å². The first-order valence-electron chi connectivity index (χ1n) is 10.8. The van der Waals surface area contributed by atoms with E-state index >= 15 is 0 Å². The number of aromatic amines is 1. The monoisotopic (exact) mass is 508 g/mol. The lowest BCUT2D eigenvalue weighted by atomic mass is 9.81. The van der Waals surface area contributed by atoms with Crippen molar-refractivity contribution in [1.29, 1.82) is 5.26 Å². The van der Waals surface area contributed by atoms with Crippen molar-refractivity contribution >= 4 is 27.8 Å². The van der Waals surface area contributed by atoms with Crippen LogP contribution in [0.2, 0.25) is 0 Å². The molecule has 1 aromatic heterocycles. The molecule has 2 aliphatic heterocycles. The molecule has 0 radical (unpaired) electrons.